The molecule has 2 aromatic heterocycles. The van der Waals surface area contributed by atoms with Crippen LogP contribution in [0.2, 0.25) is 0 Å². The van der Waals surface area contributed by atoms with Crippen LogP contribution < -0.4 is 16.0 Å². The predicted molar refractivity (Wildman–Crippen MR) is 71.9 cm³/mol. The molecule has 0 spiro atoms. The molecule has 4 N–H and O–H groups in total. The van der Waals surface area contributed by atoms with Gasteiger partial charge < -0.3 is 5.43 Å². The summed E-state index contributed by atoms with van der Waals surface area (Å²) in [5, 5.41) is 3.92. The number of rotatable bonds is 6. The second kappa shape index (κ2) is 5.94. The van der Waals surface area contributed by atoms with Gasteiger partial charge in [-0.05, 0) is 12.1 Å². The van der Waals surface area contributed by atoms with Crippen molar-refractivity contribution in [3.05, 3.63) is 30.5 Å². The van der Waals surface area contributed by atoms with Crippen molar-refractivity contribution in [2.75, 3.05) is 12.0 Å². The van der Waals surface area contributed by atoms with E-state index < -0.39 is 10.0 Å². The first-order chi connectivity index (χ1) is 9.53. The van der Waals surface area contributed by atoms with Crippen molar-refractivity contribution in [2.24, 2.45) is 12.9 Å². The largest absolute Gasteiger partial charge is 0.321 e. The lowest BCUT2D eigenvalue weighted by molar-refractivity contribution is 0.577. The molecule has 108 valence electrons. The number of nitrogens with two attached hydrogens (primary N) is 1. The molecule has 0 amide bonds. The number of anilines is 1. The second-order valence-corrected chi connectivity index (χ2v) is 5.66. The molecule has 0 aliphatic carbocycles. The number of pyridine rings is 1. The van der Waals surface area contributed by atoms with Gasteiger partial charge in [0.15, 0.2) is 10.9 Å². The van der Waals surface area contributed by atoms with Crippen LogP contribution in [0.25, 0.3) is 0 Å². The zero-order chi connectivity index (χ0) is 14.6. The number of nitrogen functional groups attached to an aromatic ring is 1. The van der Waals surface area contributed by atoms with Gasteiger partial charge in [0.25, 0.3) is 10.0 Å². The zero-order valence-corrected chi connectivity index (χ0v) is 11.6. The monoisotopic (exact) mass is 297 g/mol. The Morgan fingerprint density at radius 1 is 1.40 bits per heavy atom. The van der Waals surface area contributed by atoms with Gasteiger partial charge in [-0.15, -0.1) is 0 Å². The van der Waals surface area contributed by atoms with Gasteiger partial charge in [0.2, 0.25) is 0 Å². The number of hydrogen-bond acceptors (Lipinski definition) is 7. The molecule has 0 bridgehead atoms. The van der Waals surface area contributed by atoms with E-state index in [1.165, 1.54) is 12.3 Å². The van der Waals surface area contributed by atoms with Crippen LogP contribution in [0.4, 0.5) is 5.69 Å². The fraction of sp³-hybridized carbons (Fsp3) is 0.300. The molecule has 0 unspecified atom stereocenters. The van der Waals surface area contributed by atoms with E-state index >= 15 is 0 Å². The van der Waals surface area contributed by atoms with E-state index in [9.17, 15) is 8.42 Å². The molecular weight excluding hydrogens is 282 g/mol. The van der Waals surface area contributed by atoms with E-state index in [4.69, 9.17) is 5.84 Å². The molecule has 9 nitrogen and oxygen atoms in total. The van der Waals surface area contributed by atoms with Crippen LogP contribution in [-0.4, -0.2) is 34.7 Å². The molecule has 0 fully saturated rings. The van der Waals surface area contributed by atoms with Gasteiger partial charge in [0.05, 0.1) is 5.69 Å². The summed E-state index contributed by atoms with van der Waals surface area (Å²) in [6.45, 7) is 0.174. The van der Waals surface area contributed by atoms with Crippen LogP contribution in [0.3, 0.4) is 0 Å². The maximum atomic E-state index is 12.1. The number of aryl methyl sites for hydroxylation is 1. The molecule has 0 radical (unpaired) electrons. The molecule has 2 heterocycles. The Labute approximate surface area is 116 Å². The summed E-state index contributed by atoms with van der Waals surface area (Å²) in [6, 6.07) is 3.12. The highest BCUT2D eigenvalue weighted by Crippen LogP contribution is 2.15. The van der Waals surface area contributed by atoms with Gasteiger partial charge >= 0.3 is 0 Å². The summed E-state index contributed by atoms with van der Waals surface area (Å²) >= 11 is 0. The van der Waals surface area contributed by atoms with Crippen molar-refractivity contribution in [2.45, 2.75) is 11.4 Å². The van der Waals surface area contributed by atoms with Gasteiger partial charge in [0, 0.05) is 26.2 Å². The van der Waals surface area contributed by atoms with Gasteiger partial charge in [-0.25, -0.2) is 23.1 Å². The van der Waals surface area contributed by atoms with E-state index in [1.807, 2.05) is 0 Å². The minimum Gasteiger partial charge on any atom is -0.321 e. The molecule has 20 heavy (non-hydrogen) atoms. The smallest absolute Gasteiger partial charge is 0.260 e. The Kier molecular flexibility index (Phi) is 4.27. The number of hydrazine groups is 1. The third kappa shape index (κ3) is 3.29. The summed E-state index contributed by atoms with van der Waals surface area (Å²) in [5.74, 6) is 5.83. The van der Waals surface area contributed by atoms with Crippen molar-refractivity contribution >= 4 is 15.7 Å². The van der Waals surface area contributed by atoms with E-state index in [0.29, 0.717) is 12.2 Å². The maximum absolute atomic E-state index is 12.1. The van der Waals surface area contributed by atoms with Crippen LogP contribution in [-0.2, 0) is 23.5 Å². The minimum absolute atomic E-state index is 0.142. The highest BCUT2D eigenvalue weighted by Gasteiger charge is 2.19. The lowest BCUT2D eigenvalue weighted by Crippen LogP contribution is -2.28. The molecule has 2 aromatic rings. The lowest BCUT2D eigenvalue weighted by Gasteiger charge is -2.09. The Hall–Kier alpha value is -2.04. The standard InChI is InChI=1S/C10H15N7O2S/c1-17-7-13-9(16-17)4-6-14-20(18,19)10-8(15-11)3-2-5-12-10/h2-3,5,7,14-15H,4,6,11H2,1H3. The highest BCUT2D eigenvalue weighted by atomic mass is 32.2. The topological polar surface area (TPSA) is 128 Å². The average molecular weight is 297 g/mol. The van der Waals surface area contributed by atoms with Crippen LogP contribution in [0, 0.1) is 0 Å². The molecule has 0 aliphatic rings. The van der Waals surface area contributed by atoms with Crippen LogP contribution in [0.1, 0.15) is 5.82 Å². The second-order valence-electron chi connectivity index (χ2n) is 3.98. The summed E-state index contributed by atoms with van der Waals surface area (Å²) in [6.07, 6.45) is 3.33. The Balaban J connectivity index is 2.04. The lowest BCUT2D eigenvalue weighted by atomic mass is 10.4. The summed E-state index contributed by atoms with van der Waals surface area (Å²) < 4.78 is 28.2. The van der Waals surface area contributed by atoms with Crippen molar-refractivity contribution in [3.63, 3.8) is 0 Å². The summed E-state index contributed by atoms with van der Waals surface area (Å²) in [4.78, 5) is 7.83. The van der Waals surface area contributed by atoms with E-state index in [1.54, 1.807) is 24.1 Å². The van der Waals surface area contributed by atoms with Gasteiger partial charge in [-0.2, -0.15) is 5.10 Å². The van der Waals surface area contributed by atoms with Crippen LogP contribution in [0.5, 0.6) is 0 Å². The molecule has 0 atom stereocenters. The molecule has 10 heteroatoms. The zero-order valence-electron chi connectivity index (χ0n) is 10.8. The highest BCUT2D eigenvalue weighted by molar-refractivity contribution is 7.89. The summed E-state index contributed by atoms with van der Waals surface area (Å²) in [5.41, 5.74) is 2.54. The van der Waals surface area contributed by atoms with Crippen molar-refractivity contribution in [1.29, 1.82) is 0 Å². The maximum Gasteiger partial charge on any atom is 0.260 e. The summed E-state index contributed by atoms with van der Waals surface area (Å²) in [7, 11) is -1.99. The first-order valence-electron chi connectivity index (χ1n) is 5.79. The molecule has 2 rings (SSSR count). The number of aromatic nitrogens is 4. The number of sulfonamides is 1. The number of nitrogens with one attached hydrogen (secondary N) is 2. The SMILES string of the molecule is Cn1cnc(CCNS(=O)(=O)c2ncccc2NN)n1. The van der Waals surface area contributed by atoms with E-state index in [0.717, 1.165) is 0 Å². The Morgan fingerprint density at radius 3 is 2.85 bits per heavy atom. The first-order valence-corrected chi connectivity index (χ1v) is 7.27. The van der Waals surface area contributed by atoms with E-state index in [-0.39, 0.29) is 17.3 Å². The average Bonchev–Trinajstić information content (AvgIpc) is 2.84. The van der Waals surface area contributed by atoms with E-state index in [2.05, 4.69) is 25.2 Å². The molecule has 0 aromatic carbocycles. The fourth-order valence-corrected chi connectivity index (χ4v) is 2.70. The van der Waals surface area contributed by atoms with Gasteiger partial charge in [-0.1, -0.05) is 0 Å². The quantitative estimate of drug-likeness (QED) is 0.461. The van der Waals surface area contributed by atoms with Crippen molar-refractivity contribution < 1.29 is 8.42 Å². The van der Waals surface area contributed by atoms with Gasteiger partial charge in [0.1, 0.15) is 6.33 Å². The Morgan fingerprint density at radius 2 is 2.20 bits per heavy atom. The third-order valence-corrected chi connectivity index (χ3v) is 3.89. The predicted octanol–water partition coefficient (Wildman–Crippen LogP) is -0.983. The first kappa shape index (κ1) is 14.4. The normalized spacial score (nSPS) is 11.5. The fourth-order valence-electron chi connectivity index (χ4n) is 1.58. The Bertz CT molecular complexity index is 682. The molecule has 0 aliphatic heterocycles. The number of nitrogens with zero attached hydrogens (tertiary/aromatic N) is 4. The van der Waals surface area contributed by atoms with Crippen LogP contribution >= 0.6 is 0 Å². The van der Waals surface area contributed by atoms with Crippen molar-refractivity contribution in [3.8, 4) is 0 Å². The van der Waals surface area contributed by atoms with Gasteiger partial charge in [-0.3, -0.25) is 10.5 Å². The van der Waals surface area contributed by atoms with Crippen LogP contribution in [0.15, 0.2) is 29.7 Å². The number of hydrogen-bond donors (Lipinski definition) is 3. The molecule has 0 saturated heterocycles. The molecule has 0 saturated carbocycles. The molecular formula is C10H15N7O2S. The van der Waals surface area contributed by atoms with Crippen molar-refractivity contribution in [1.82, 2.24) is 24.5 Å². The third-order valence-electron chi connectivity index (χ3n) is 2.47. The minimum atomic E-state index is -3.73.